The molecule has 0 radical (unpaired) electrons. The molecule has 84 valence electrons. The SMILES string of the molecule is NCCc1cc(CN2CCOCC2)no1. The first-order valence-corrected chi connectivity index (χ1v) is 5.33. The average molecular weight is 211 g/mol. The molecule has 2 heterocycles. The molecule has 1 aliphatic rings. The molecular formula is C10H17N3O2. The molecule has 1 saturated heterocycles. The van der Waals surface area contributed by atoms with Gasteiger partial charge in [-0.3, -0.25) is 4.90 Å². The molecule has 1 aromatic rings. The summed E-state index contributed by atoms with van der Waals surface area (Å²) in [7, 11) is 0. The van der Waals surface area contributed by atoms with E-state index in [1.165, 1.54) is 0 Å². The maximum atomic E-state index is 5.44. The molecule has 0 bridgehead atoms. The van der Waals surface area contributed by atoms with Gasteiger partial charge in [0.2, 0.25) is 0 Å². The second kappa shape index (κ2) is 5.25. The molecule has 1 fully saturated rings. The molecule has 2 rings (SSSR count). The molecule has 0 unspecified atom stereocenters. The zero-order valence-corrected chi connectivity index (χ0v) is 8.82. The van der Waals surface area contributed by atoms with Crippen LogP contribution in [-0.4, -0.2) is 42.9 Å². The third-order valence-corrected chi connectivity index (χ3v) is 2.49. The Hall–Kier alpha value is -0.910. The predicted octanol–water partition coefficient (Wildman–Crippen LogP) is 0.00800. The van der Waals surface area contributed by atoms with Gasteiger partial charge in [0.05, 0.1) is 18.9 Å². The van der Waals surface area contributed by atoms with E-state index in [-0.39, 0.29) is 0 Å². The van der Waals surface area contributed by atoms with E-state index in [0.29, 0.717) is 6.54 Å². The van der Waals surface area contributed by atoms with Crippen molar-refractivity contribution in [3.05, 3.63) is 17.5 Å². The molecule has 0 amide bonds. The Balaban J connectivity index is 1.86. The topological polar surface area (TPSA) is 64.5 Å². The second-order valence-electron chi connectivity index (χ2n) is 3.71. The number of hydrogen-bond donors (Lipinski definition) is 1. The van der Waals surface area contributed by atoms with Crippen LogP contribution in [0.15, 0.2) is 10.6 Å². The smallest absolute Gasteiger partial charge is 0.138 e. The van der Waals surface area contributed by atoms with Crippen molar-refractivity contribution in [3.8, 4) is 0 Å². The summed E-state index contributed by atoms with van der Waals surface area (Å²) < 4.78 is 10.4. The van der Waals surface area contributed by atoms with E-state index in [1.54, 1.807) is 0 Å². The van der Waals surface area contributed by atoms with Gasteiger partial charge in [-0.1, -0.05) is 5.16 Å². The van der Waals surface area contributed by atoms with Crippen molar-refractivity contribution < 1.29 is 9.26 Å². The van der Waals surface area contributed by atoms with Crippen molar-refractivity contribution in [2.75, 3.05) is 32.8 Å². The fourth-order valence-electron chi connectivity index (χ4n) is 1.68. The summed E-state index contributed by atoms with van der Waals surface area (Å²) in [6.07, 6.45) is 0.760. The minimum atomic E-state index is 0.603. The Morgan fingerprint density at radius 1 is 1.40 bits per heavy atom. The third-order valence-electron chi connectivity index (χ3n) is 2.49. The van der Waals surface area contributed by atoms with Gasteiger partial charge in [0.1, 0.15) is 5.76 Å². The van der Waals surface area contributed by atoms with Crippen LogP contribution in [0.1, 0.15) is 11.5 Å². The lowest BCUT2D eigenvalue weighted by Crippen LogP contribution is -2.35. The van der Waals surface area contributed by atoms with Crippen LogP contribution >= 0.6 is 0 Å². The van der Waals surface area contributed by atoms with Crippen LogP contribution in [0.4, 0.5) is 0 Å². The summed E-state index contributed by atoms with van der Waals surface area (Å²) in [5, 5.41) is 4.02. The number of nitrogens with two attached hydrogens (primary N) is 1. The molecule has 5 heteroatoms. The lowest BCUT2D eigenvalue weighted by molar-refractivity contribution is 0.0332. The molecule has 0 saturated carbocycles. The summed E-state index contributed by atoms with van der Waals surface area (Å²) in [4.78, 5) is 2.31. The molecule has 0 spiro atoms. The summed E-state index contributed by atoms with van der Waals surface area (Å²) in [6, 6.07) is 1.99. The summed E-state index contributed by atoms with van der Waals surface area (Å²) in [5.41, 5.74) is 6.43. The Morgan fingerprint density at radius 3 is 2.93 bits per heavy atom. The summed E-state index contributed by atoms with van der Waals surface area (Å²) in [5.74, 6) is 0.876. The maximum Gasteiger partial charge on any atom is 0.138 e. The van der Waals surface area contributed by atoms with Crippen LogP contribution in [-0.2, 0) is 17.7 Å². The second-order valence-corrected chi connectivity index (χ2v) is 3.71. The molecule has 1 aromatic heterocycles. The van der Waals surface area contributed by atoms with E-state index in [0.717, 1.165) is 50.7 Å². The first-order valence-electron chi connectivity index (χ1n) is 5.33. The van der Waals surface area contributed by atoms with Crippen LogP contribution in [0.5, 0.6) is 0 Å². The number of hydrogen-bond acceptors (Lipinski definition) is 5. The van der Waals surface area contributed by atoms with Gasteiger partial charge in [0, 0.05) is 32.1 Å². The van der Waals surface area contributed by atoms with Gasteiger partial charge < -0.3 is 15.0 Å². The highest BCUT2D eigenvalue weighted by atomic mass is 16.5. The fraction of sp³-hybridized carbons (Fsp3) is 0.700. The average Bonchev–Trinajstić information content (AvgIpc) is 2.68. The lowest BCUT2D eigenvalue weighted by Gasteiger charge is -2.25. The fourth-order valence-corrected chi connectivity index (χ4v) is 1.68. The zero-order valence-electron chi connectivity index (χ0n) is 8.82. The van der Waals surface area contributed by atoms with Gasteiger partial charge in [-0.25, -0.2) is 0 Å². The van der Waals surface area contributed by atoms with Crippen molar-refractivity contribution in [3.63, 3.8) is 0 Å². The minimum Gasteiger partial charge on any atom is -0.379 e. The number of rotatable bonds is 4. The predicted molar refractivity (Wildman–Crippen MR) is 55.4 cm³/mol. The number of nitrogens with zero attached hydrogens (tertiary/aromatic N) is 2. The van der Waals surface area contributed by atoms with E-state index >= 15 is 0 Å². The van der Waals surface area contributed by atoms with E-state index in [2.05, 4.69) is 10.1 Å². The van der Waals surface area contributed by atoms with Crippen LogP contribution in [0.2, 0.25) is 0 Å². The highest BCUT2D eigenvalue weighted by molar-refractivity contribution is 5.05. The molecule has 1 aliphatic heterocycles. The number of ether oxygens (including phenoxy) is 1. The van der Waals surface area contributed by atoms with Crippen molar-refractivity contribution >= 4 is 0 Å². The summed E-state index contributed by atoms with van der Waals surface area (Å²) >= 11 is 0. The van der Waals surface area contributed by atoms with Gasteiger partial charge in [-0.2, -0.15) is 0 Å². The minimum absolute atomic E-state index is 0.603. The highest BCUT2D eigenvalue weighted by Gasteiger charge is 2.13. The Labute approximate surface area is 89.2 Å². The highest BCUT2D eigenvalue weighted by Crippen LogP contribution is 2.08. The third kappa shape index (κ3) is 3.02. The van der Waals surface area contributed by atoms with Crippen LogP contribution in [0.3, 0.4) is 0 Å². The monoisotopic (exact) mass is 211 g/mol. The van der Waals surface area contributed by atoms with Crippen LogP contribution in [0.25, 0.3) is 0 Å². The molecule has 15 heavy (non-hydrogen) atoms. The zero-order chi connectivity index (χ0) is 10.5. The Bertz CT molecular complexity index is 295. The Morgan fingerprint density at radius 2 is 2.20 bits per heavy atom. The van der Waals surface area contributed by atoms with E-state index in [1.807, 2.05) is 6.07 Å². The van der Waals surface area contributed by atoms with Gasteiger partial charge in [0.25, 0.3) is 0 Å². The van der Waals surface area contributed by atoms with Gasteiger partial charge in [-0.05, 0) is 6.54 Å². The number of aromatic nitrogens is 1. The molecular weight excluding hydrogens is 194 g/mol. The van der Waals surface area contributed by atoms with Crippen LogP contribution < -0.4 is 5.73 Å². The molecule has 0 atom stereocenters. The normalized spacial score (nSPS) is 18.2. The lowest BCUT2D eigenvalue weighted by atomic mass is 10.3. The largest absolute Gasteiger partial charge is 0.379 e. The van der Waals surface area contributed by atoms with Gasteiger partial charge in [-0.15, -0.1) is 0 Å². The molecule has 0 aromatic carbocycles. The van der Waals surface area contributed by atoms with Gasteiger partial charge >= 0.3 is 0 Å². The molecule has 2 N–H and O–H groups in total. The number of morpholine rings is 1. The molecule has 0 aliphatic carbocycles. The molecule has 5 nitrogen and oxygen atoms in total. The first-order chi connectivity index (χ1) is 7.38. The maximum absolute atomic E-state index is 5.44. The Kier molecular flexibility index (Phi) is 3.71. The van der Waals surface area contributed by atoms with E-state index in [9.17, 15) is 0 Å². The first kappa shape index (κ1) is 10.6. The van der Waals surface area contributed by atoms with Crippen molar-refractivity contribution in [1.82, 2.24) is 10.1 Å². The van der Waals surface area contributed by atoms with Crippen LogP contribution in [0, 0.1) is 0 Å². The summed E-state index contributed by atoms with van der Waals surface area (Å²) in [6.45, 7) is 5.02. The van der Waals surface area contributed by atoms with E-state index < -0.39 is 0 Å². The standard InChI is InChI=1S/C10H17N3O2/c11-2-1-10-7-9(12-15-10)8-13-3-5-14-6-4-13/h7H,1-6,8,11H2. The van der Waals surface area contributed by atoms with Gasteiger partial charge in [0.15, 0.2) is 0 Å². The quantitative estimate of drug-likeness (QED) is 0.760. The van der Waals surface area contributed by atoms with E-state index in [4.69, 9.17) is 15.0 Å². The van der Waals surface area contributed by atoms with Crippen molar-refractivity contribution in [1.29, 1.82) is 0 Å². The van der Waals surface area contributed by atoms with Crippen molar-refractivity contribution in [2.24, 2.45) is 5.73 Å². The van der Waals surface area contributed by atoms with Crippen molar-refractivity contribution in [2.45, 2.75) is 13.0 Å².